The van der Waals surface area contributed by atoms with Crippen LogP contribution in [-0.2, 0) is 0 Å². The molecule has 0 aliphatic carbocycles. The zero-order valence-corrected chi connectivity index (χ0v) is 7.77. The number of hydrogen-bond acceptors (Lipinski definition) is 4. The maximum absolute atomic E-state index is 4.01. The molecule has 1 aliphatic rings. The second-order valence-corrected chi connectivity index (χ2v) is 3.40. The molecule has 0 amide bonds. The Kier molecular flexibility index (Phi) is 2.40. The molecule has 1 atom stereocenters. The summed E-state index contributed by atoms with van der Waals surface area (Å²) in [5.41, 5.74) is 1.12. The lowest BCUT2D eigenvalue weighted by molar-refractivity contribution is 0.484. The predicted molar refractivity (Wildman–Crippen MR) is 51.7 cm³/mol. The first kappa shape index (κ1) is 8.44. The highest BCUT2D eigenvalue weighted by molar-refractivity contribution is 5.42. The van der Waals surface area contributed by atoms with Gasteiger partial charge in [-0.2, -0.15) is 0 Å². The molecule has 1 aliphatic heterocycles. The van der Waals surface area contributed by atoms with Gasteiger partial charge < -0.3 is 10.2 Å². The standard InChI is InChI=1S/C9H14N4/c1-8-6-13(3-2-12-8)9-4-10-7-11-5-9/h4-5,7-8,12H,2-3,6H2,1H3/t8-/m1/s1. The fourth-order valence-corrected chi connectivity index (χ4v) is 1.62. The van der Waals surface area contributed by atoms with Crippen LogP contribution in [0.4, 0.5) is 5.69 Å². The zero-order valence-electron chi connectivity index (χ0n) is 7.77. The molecule has 70 valence electrons. The number of aromatic nitrogens is 2. The van der Waals surface area contributed by atoms with Crippen LogP contribution in [0.15, 0.2) is 18.7 Å². The lowest BCUT2D eigenvalue weighted by Gasteiger charge is -2.32. The van der Waals surface area contributed by atoms with Gasteiger partial charge in [0.25, 0.3) is 0 Å². The fraction of sp³-hybridized carbons (Fsp3) is 0.556. The highest BCUT2D eigenvalue weighted by atomic mass is 15.2. The summed E-state index contributed by atoms with van der Waals surface area (Å²) in [6.45, 7) is 5.30. The molecule has 2 rings (SSSR count). The summed E-state index contributed by atoms with van der Waals surface area (Å²) in [6, 6.07) is 0.550. The SMILES string of the molecule is C[C@@H]1CN(c2cncnc2)CCN1. The van der Waals surface area contributed by atoms with Crippen LogP contribution in [-0.4, -0.2) is 35.6 Å². The quantitative estimate of drug-likeness (QED) is 0.670. The van der Waals surface area contributed by atoms with Crippen molar-refractivity contribution in [1.82, 2.24) is 15.3 Å². The topological polar surface area (TPSA) is 41.1 Å². The van der Waals surface area contributed by atoms with Crippen molar-refractivity contribution in [2.24, 2.45) is 0 Å². The first-order valence-corrected chi connectivity index (χ1v) is 4.59. The summed E-state index contributed by atoms with van der Waals surface area (Å²) in [5, 5.41) is 3.40. The Morgan fingerprint density at radius 1 is 1.46 bits per heavy atom. The van der Waals surface area contributed by atoms with E-state index in [0.29, 0.717) is 6.04 Å². The molecule has 0 radical (unpaired) electrons. The summed E-state index contributed by atoms with van der Waals surface area (Å²) >= 11 is 0. The third-order valence-electron chi connectivity index (χ3n) is 2.28. The van der Waals surface area contributed by atoms with Gasteiger partial charge in [-0.3, -0.25) is 0 Å². The minimum Gasteiger partial charge on any atom is -0.366 e. The van der Waals surface area contributed by atoms with Crippen LogP contribution in [0.1, 0.15) is 6.92 Å². The minimum atomic E-state index is 0.550. The monoisotopic (exact) mass is 178 g/mol. The van der Waals surface area contributed by atoms with Crippen molar-refractivity contribution in [1.29, 1.82) is 0 Å². The van der Waals surface area contributed by atoms with Crippen LogP contribution in [0.3, 0.4) is 0 Å². The van der Waals surface area contributed by atoms with Crippen LogP contribution in [0, 0.1) is 0 Å². The van der Waals surface area contributed by atoms with E-state index in [1.165, 1.54) is 0 Å². The van der Waals surface area contributed by atoms with Gasteiger partial charge in [0.05, 0.1) is 18.1 Å². The summed E-state index contributed by atoms with van der Waals surface area (Å²) < 4.78 is 0. The number of nitrogens with one attached hydrogen (secondary N) is 1. The zero-order chi connectivity index (χ0) is 9.10. The van der Waals surface area contributed by atoms with Gasteiger partial charge in [-0.05, 0) is 6.92 Å². The average Bonchev–Trinajstić information content (AvgIpc) is 2.19. The maximum Gasteiger partial charge on any atom is 0.115 e. The summed E-state index contributed by atoms with van der Waals surface area (Å²) in [6.07, 6.45) is 5.30. The average molecular weight is 178 g/mol. The van der Waals surface area contributed by atoms with Crippen LogP contribution < -0.4 is 10.2 Å². The van der Waals surface area contributed by atoms with E-state index in [9.17, 15) is 0 Å². The van der Waals surface area contributed by atoms with Crippen molar-refractivity contribution >= 4 is 5.69 Å². The van der Waals surface area contributed by atoms with Gasteiger partial charge in [0.15, 0.2) is 0 Å². The number of nitrogens with zero attached hydrogens (tertiary/aromatic N) is 3. The second kappa shape index (κ2) is 3.70. The number of piperazine rings is 1. The summed E-state index contributed by atoms with van der Waals surface area (Å²) in [7, 11) is 0. The van der Waals surface area contributed by atoms with Gasteiger partial charge in [-0.25, -0.2) is 9.97 Å². The molecule has 1 saturated heterocycles. The molecule has 1 aromatic heterocycles. The van der Waals surface area contributed by atoms with E-state index in [4.69, 9.17) is 0 Å². The van der Waals surface area contributed by atoms with E-state index < -0.39 is 0 Å². The van der Waals surface area contributed by atoms with E-state index in [1.54, 1.807) is 6.33 Å². The molecule has 0 unspecified atom stereocenters. The smallest absolute Gasteiger partial charge is 0.115 e. The molecule has 0 saturated carbocycles. The van der Waals surface area contributed by atoms with Gasteiger partial charge in [0, 0.05) is 25.7 Å². The van der Waals surface area contributed by atoms with Crippen LogP contribution >= 0.6 is 0 Å². The van der Waals surface area contributed by atoms with Crippen molar-refractivity contribution in [3.8, 4) is 0 Å². The highest BCUT2D eigenvalue weighted by Crippen LogP contribution is 2.11. The third-order valence-corrected chi connectivity index (χ3v) is 2.28. The largest absolute Gasteiger partial charge is 0.366 e. The molecule has 1 aromatic rings. The molecule has 4 nitrogen and oxygen atoms in total. The molecular weight excluding hydrogens is 164 g/mol. The van der Waals surface area contributed by atoms with Crippen LogP contribution in [0.5, 0.6) is 0 Å². The molecule has 1 fully saturated rings. The Hall–Kier alpha value is -1.16. The van der Waals surface area contributed by atoms with E-state index in [2.05, 4.69) is 27.1 Å². The van der Waals surface area contributed by atoms with E-state index in [-0.39, 0.29) is 0 Å². The second-order valence-electron chi connectivity index (χ2n) is 3.40. The first-order chi connectivity index (χ1) is 6.36. The van der Waals surface area contributed by atoms with Crippen molar-refractivity contribution in [3.05, 3.63) is 18.7 Å². The molecule has 0 bridgehead atoms. The Bertz CT molecular complexity index is 262. The van der Waals surface area contributed by atoms with Crippen LogP contribution in [0.25, 0.3) is 0 Å². The van der Waals surface area contributed by atoms with Gasteiger partial charge in [0.2, 0.25) is 0 Å². The van der Waals surface area contributed by atoms with E-state index in [1.807, 2.05) is 12.4 Å². The Morgan fingerprint density at radius 3 is 2.92 bits per heavy atom. The molecule has 0 spiro atoms. The molecule has 0 aromatic carbocycles. The minimum absolute atomic E-state index is 0.550. The van der Waals surface area contributed by atoms with Gasteiger partial charge in [0.1, 0.15) is 6.33 Å². The van der Waals surface area contributed by atoms with Crippen molar-refractivity contribution < 1.29 is 0 Å². The normalized spacial score (nSPS) is 23.2. The van der Waals surface area contributed by atoms with Gasteiger partial charge in [-0.1, -0.05) is 0 Å². The molecule has 4 heteroatoms. The molecule has 2 heterocycles. The first-order valence-electron chi connectivity index (χ1n) is 4.59. The Morgan fingerprint density at radius 2 is 2.23 bits per heavy atom. The van der Waals surface area contributed by atoms with Crippen molar-refractivity contribution in [2.45, 2.75) is 13.0 Å². The summed E-state index contributed by atoms with van der Waals surface area (Å²) in [5.74, 6) is 0. The molecule has 13 heavy (non-hydrogen) atoms. The third kappa shape index (κ3) is 1.95. The van der Waals surface area contributed by atoms with Crippen molar-refractivity contribution in [3.63, 3.8) is 0 Å². The lowest BCUT2D eigenvalue weighted by atomic mass is 10.2. The molecular formula is C9H14N4. The maximum atomic E-state index is 4.01. The fourth-order valence-electron chi connectivity index (χ4n) is 1.62. The summed E-state index contributed by atoms with van der Waals surface area (Å²) in [4.78, 5) is 10.3. The number of hydrogen-bond donors (Lipinski definition) is 1. The van der Waals surface area contributed by atoms with E-state index in [0.717, 1.165) is 25.3 Å². The van der Waals surface area contributed by atoms with Crippen LogP contribution in [0.2, 0.25) is 0 Å². The predicted octanol–water partition coefficient (Wildman–Crippen LogP) is 0.275. The van der Waals surface area contributed by atoms with E-state index >= 15 is 0 Å². The van der Waals surface area contributed by atoms with Gasteiger partial charge in [-0.15, -0.1) is 0 Å². The van der Waals surface area contributed by atoms with Gasteiger partial charge >= 0.3 is 0 Å². The highest BCUT2D eigenvalue weighted by Gasteiger charge is 2.15. The number of rotatable bonds is 1. The van der Waals surface area contributed by atoms with Crippen molar-refractivity contribution in [2.75, 3.05) is 24.5 Å². The Labute approximate surface area is 78.0 Å². The lowest BCUT2D eigenvalue weighted by Crippen LogP contribution is -2.49. The number of anilines is 1. The molecule has 1 N–H and O–H groups in total. The Balaban J connectivity index is 2.08.